The minimum absolute atomic E-state index is 0.0281. The highest BCUT2D eigenvalue weighted by Crippen LogP contribution is 2.31. The Morgan fingerprint density at radius 2 is 1.66 bits per heavy atom. The molecular formula is C19H16Br2N4O3S. The number of hydrogen-bond donors (Lipinski definition) is 2. The van der Waals surface area contributed by atoms with Gasteiger partial charge in [0.25, 0.3) is 10.0 Å². The van der Waals surface area contributed by atoms with Gasteiger partial charge in [0.2, 0.25) is 5.95 Å². The summed E-state index contributed by atoms with van der Waals surface area (Å²) in [7, 11) is -3.83. The molecule has 2 N–H and O–H groups in total. The van der Waals surface area contributed by atoms with Gasteiger partial charge in [0, 0.05) is 27.6 Å². The highest BCUT2D eigenvalue weighted by atomic mass is 79.9. The molecule has 1 heterocycles. The average Bonchev–Trinajstić information content (AvgIpc) is 2.62. The van der Waals surface area contributed by atoms with Crippen molar-refractivity contribution in [2.45, 2.75) is 18.7 Å². The fourth-order valence-corrected chi connectivity index (χ4v) is 4.69. The first-order chi connectivity index (χ1) is 13.6. The first kappa shape index (κ1) is 21.4. The molecule has 0 saturated heterocycles. The van der Waals surface area contributed by atoms with E-state index >= 15 is 0 Å². The summed E-state index contributed by atoms with van der Waals surface area (Å²) >= 11 is 6.62. The van der Waals surface area contributed by atoms with Crippen LogP contribution < -0.4 is 4.72 Å². The van der Waals surface area contributed by atoms with E-state index in [-0.39, 0.29) is 16.6 Å². The fraction of sp³-hybridized carbons (Fsp3) is 0.105. The number of phenols is 1. The van der Waals surface area contributed by atoms with Crippen molar-refractivity contribution in [3.63, 3.8) is 0 Å². The molecule has 0 fully saturated rings. The topological polar surface area (TPSA) is 105 Å². The van der Waals surface area contributed by atoms with Gasteiger partial charge in [0.05, 0.1) is 15.1 Å². The van der Waals surface area contributed by atoms with Crippen LogP contribution in [-0.4, -0.2) is 29.7 Å². The van der Waals surface area contributed by atoms with Gasteiger partial charge in [-0.1, -0.05) is 15.9 Å². The molecule has 0 saturated carbocycles. The molecule has 0 atom stereocenters. The van der Waals surface area contributed by atoms with Gasteiger partial charge in [-0.25, -0.2) is 23.1 Å². The summed E-state index contributed by atoms with van der Waals surface area (Å²) in [6.07, 6.45) is 1.50. The summed E-state index contributed by atoms with van der Waals surface area (Å²) in [5, 5.41) is 10.1. The van der Waals surface area contributed by atoms with Crippen molar-refractivity contribution in [3.8, 4) is 5.75 Å². The maximum absolute atomic E-state index is 12.6. The third kappa shape index (κ3) is 5.40. The minimum atomic E-state index is -3.83. The lowest BCUT2D eigenvalue weighted by Gasteiger charge is -2.08. The predicted octanol–water partition coefficient (Wildman–Crippen LogP) is 4.88. The van der Waals surface area contributed by atoms with Crippen LogP contribution in [0, 0.1) is 13.8 Å². The summed E-state index contributed by atoms with van der Waals surface area (Å²) in [4.78, 5) is 12.5. The third-order valence-electron chi connectivity index (χ3n) is 3.77. The Labute approximate surface area is 185 Å². The van der Waals surface area contributed by atoms with Gasteiger partial charge < -0.3 is 5.11 Å². The summed E-state index contributed by atoms with van der Waals surface area (Å²) in [5.41, 5.74) is 2.38. The lowest BCUT2D eigenvalue weighted by Crippen LogP contribution is -2.15. The number of phenolic OH excluding ortho intramolecular Hbond substituents is 1. The predicted molar refractivity (Wildman–Crippen MR) is 120 cm³/mol. The number of benzene rings is 2. The summed E-state index contributed by atoms with van der Waals surface area (Å²) in [6, 6.07) is 11.2. The molecule has 10 heteroatoms. The van der Waals surface area contributed by atoms with E-state index in [9.17, 15) is 13.5 Å². The zero-order valence-corrected chi connectivity index (χ0v) is 19.4. The zero-order chi connectivity index (χ0) is 21.2. The number of halogens is 2. The number of anilines is 1. The van der Waals surface area contributed by atoms with Crippen molar-refractivity contribution in [3.05, 3.63) is 68.4 Å². The number of aliphatic imine (C=N–C) groups is 1. The van der Waals surface area contributed by atoms with Crippen LogP contribution in [0.1, 0.15) is 17.0 Å². The Morgan fingerprint density at radius 3 is 2.28 bits per heavy atom. The number of aryl methyl sites for hydroxylation is 2. The number of nitrogens with one attached hydrogen (secondary N) is 1. The van der Waals surface area contributed by atoms with Crippen LogP contribution >= 0.6 is 31.9 Å². The molecule has 0 bridgehead atoms. The Bertz CT molecular complexity index is 1180. The van der Waals surface area contributed by atoms with Crippen LogP contribution in [0.3, 0.4) is 0 Å². The van der Waals surface area contributed by atoms with Crippen LogP contribution in [-0.2, 0) is 10.0 Å². The van der Waals surface area contributed by atoms with Gasteiger partial charge >= 0.3 is 0 Å². The van der Waals surface area contributed by atoms with Crippen LogP contribution in [0.25, 0.3) is 0 Å². The molecule has 3 rings (SSSR count). The van der Waals surface area contributed by atoms with Gasteiger partial charge in [-0.2, -0.15) is 0 Å². The Hall–Kier alpha value is -2.30. The van der Waals surface area contributed by atoms with Crippen molar-refractivity contribution < 1.29 is 13.5 Å². The van der Waals surface area contributed by atoms with E-state index in [1.165, 1.54) is 18.3 Å². The summed E-state index contributed by atoms with van der Waals surface area (Å²) in [5.74, 6) is 0.0918. The van der Waals surface area contributed by atoms with E-state index in [0.717, 1.165) is 4.47 Å². The van der Waals surface area contributed by atoms with Crippen molar-refractivity contribution >= 4 is 59.7 Å². The quantitative estimate of drug-likeness (QED) is 0.450. The first-order valence-electron chi connectivity index (χ1n) is 8.31. The van der Waals surface area contributed by atoms with E-state index in [4.69, 9.17) is 0 Å². The van der Waals surface area contributed by atoms with Gasteiger partial charge in [0.15, 0.2) is 0 Å². The summed E-state index contributed by atoms with van der Waals surface area (Å²) in [6.45, 7) is 3.53. The Morgan fingerprint density at radius 1 is 1.03 bits per heavy atom. The normalized spacial score (nSPS) is 11.7. The van der Waals surface area contributed by atoms with Crippen LogP contribution in [0.4, 0.5) is 11.6 Å². The van der Waals surface area contributed by atoms with Gasteiger partial charge in [0.1, 0.15) is 5.75 Å². The number of aromatic nitrogens is 2. The van der Waals surface area contributed by atoms with E-state index < -0.39 is 10.0 Å². The van der Waals surface area contributed by atoms with Crippen LogP contribution in [0.2, 0.25) is 0 Å². The molecule has 0 aliphatic rings. The lowest BCUT2D eigenvalue weighted by atomic mass is 10.2. The second-order valence-electron chi connectivity index (χ2n) is 6.16. The van der Waals surface area contributed by atoms with E-state index in [2.05, 4.69) is 51.5 Å². The highest BCUT2D eigenvalue weighted by Gasteiger charge is 2.16. The molecule has 1 aromatic heterocycles. The SMILES string of the molecule is Cc1cc(C)nc(NS(=O)(=O)c2ccc(/N=C/c3cc(Br)cc(Br)c3O)cc2)n1. The Kier molecular flexibility index (Phi) is 6.35. The molecule has 0 aliphatic carbocycles. The molecular weight excluding hydrogens is 524 g/mol. The van der Waals surface area contributed by atoms with Crippen molar-refractivity contribution in [1.82, 2.24) is 9.97 Å². The minimum Gasteiger partial charge on any atom is -0.506 e. The van der Waals surface area contributed by atoms with Crippen LogP contribution in [0.5, 0.6) is 5.75 Å². The smallest absolute Gasteiger partial charge is 0.264 e. The molecule has 0 aliphatic heterocycles. The monoisotopic (exact) mass is 538 g/mol. The van der Waals surface area contributed by atoms with E-state index in [1.54, 1.807) is 44.2 Å². The molecule has 150 valence electrons. The summed E-state index contributed by atoms with van der Waals surface area (Å²) < 4.78 is 28.8. The molecule has 2 aromatic carbocycles. The van der Waals surface area contributed by atoms with Crippen LogP contribution in [0.15, 0.2) is 61.3 Å². The molecule has 0 spiro atoms. The second-order valence-corrected chi connectivity index (χ2v) is 9.61. The fourth-order valence-electron chi connectivity index (χ4n) is 2.49. The molecule has 0 amide bonds. The van der Waals surface area contributed by atoms with E-state index in [0.29, 0.717) is 27.1 Å². The molecule has 0 radical (unpaired) electrons. The van der Waals surface area contributed by atoms with Crippen molar-refractivity contribution in [2.24, 2.45) is 4.99 Å². The third-order valence-corrected chi connectivity index (χ3v) is 6.17. The van der Waals surface area contributed by atoms with Gasteiger partial charge in [-0.05, 0) is 72.2 Å². The lowest BCUT2D eigenvalue weighted by molar-refractivity contribution is 0.471. The highest BCUT2D eigenvalue weighted by molar-refractivity contribution is 9.11. The largest absolute Gasteiger partial charge is 0.506 e. The van der Waals surface area contributed by atoms with Gasteiger partial charge in [-0.15, -0.1) is 0 Å². The maximum atomic E-state index is 12.6. The first-order valence-corrected chi connectivity index (χ1v) is 11.4. The van der Waals surface area contributed by atoms with Crippen molar-refractivity contribution in [1.29, 1.82) is 0 Å². The molecule has 29 heavy (non-hydrogen) atoms. The van der Waals surface area contributed by atoms with Crippen molar-refractivity contribution in [2.75, 3.05) is 4.72 Å². The molecule has 3 aromatic rings. The molecule has 0 unspecified atom stereocenters. The zero-order valence-electron chi connectivity index (χ0n) is 15.4. The van der Waals surface area contributed by atoms with Gasteiger partial charge in [-0.3, -0.25) is 4.99 Å². The number of sulfonamides is 1. The number of aromatic hydroxyl groups is 1. The number of rotatable bonds is 5. The number of nitrogens with zero attached hydrogens (tertiary/aromatic N) is 3. The average molecular weight is 540 g/mol. The van der Waals surface area contributed by atoms with E-state index in [1.807, 2.05) is 0 Å². The second kappa shape index (κ2) is 8.60. The standard InChI is InChI=1S/C19H16Br2N4O3S/c1-11-7-12(2)24-19(23-11)25-29(27,28)16-5-3-15(4-6-16)22-10-13-8-14(20)9-17(21)18(13)26/h3-10,26H,1-2H3,(H,23,24,25)/b22-10+. The molecule has 7 nitrogen and oxygen atoms in total. The number of hydrogen-bond acceptors (Lipinski definition) is 6. The maximum Gasteiger partial charge on any atom is 0.264 e. The Balaban J connectivity index is 1.81.